The molecule has 0 saturated heterocycles. The molecule has 0 aliphatic heterocycles. The number of anilines is 2. The zero-order valence-corrected chi connectivity index (χ0v) is 20.3. The number of carbonyl (C=O) groups excluding carboxylic acids is 3. The largest absolute Gasteiger partial charge is 0.444 e. The van der Waals surface area contributed by atoms with Crippen LogP contribution < -0.4 is 16.4 Å². The second-order valence-corrected chi connectivity index (χ2v) is 9.19. The molecule has 0 bridgehead atoms. The van der Waals surface area contributed by atoms with Gasteiger partial charge in [0.15, 0.2) is 5.78 Å². The van der Waals surface area contributed by atoms with Gasteiger partial charge in [-0.1, -0.05) is 30.3 Å². The number of ketones is 1. The molecule has 0 aliphatic carbocycles. The van der Waals surface area contributed by atoms with Gasteiger partial charge in [-0.2, -0.15) is 0 Å². The summed E-state index contributed by atoms with van der Waals surface area (Å²) in [6, 6.07) is 17.9. The predicted octanol–water partition coefficient (Wildman–Crippen LogP) is 4.18. The van der Waals surface area contributed by atoms with E-state index in [0.29, 0.717) is 33.1 Å². The zero-order valence-electron chi connectivity index (χ0n) is 19.5. The Morgan fingerprint density at radius 3 is 2.65 bits per heavy atom. The lowest BCUT2D eigenvalue weighted by Gasteiger charge is -2.09. The van der Waals surface area contributed by atoms with Crippen LogP contribution in [0.4, 0.5) is 11.6 Å². The van der Waals surface area contributed by atoms with Crippen LogP contribution in [0.3, 0.4) is 0 Å². The number of amides is 2. The van der Waals surface area contributed by atoms with Gasteiger partial charge in [0.25, 0.3) is 5.91 Å². The van der Waals surface area contributed by atoms with Crippen LogP contribution in [-0.4, -0.2) is 38.7 Å². The van der Waals surface area contributed by atoms with Gasteiger partial charge in [-0.3, -0.25) is 19.7 Å². The van der Waals surface area contributed by atoms with Crippen molar-refractivity contribution in [1.82, 2.24) is 14.5 Å². The van der Waals surface area contributed by atoms with E-state index >= 15 is 0 Å². The van der Waals surface area contributed by atoms with E-state index in [1.165, 1.54) is 23.8 Å². The van der Waals surface area contributed by atoms with Crippen molar-refractivity contribution < 1.29 is 18.8 Å². The molecule has 0 aliphatic rings. The number of oxazole rings is 1. The molecule has 0 saturated carbocycles. The molecular weight excluding hydrogens is 492 g/mol. The van der Waals surface area contributed by atoms with Crippen LogP contribution in [0.2, 0.25) is 0 Å². The number of nitrogens with zero attached hydrogens (tertiary/aromatic N) is 3. The number of rotatable bonds is 10. The number of aryl methyl sites for hydroxylation is 1. The van der Waals surface area contributed by atoms with Crippen molar-refractivity contribution in [3.8, 4) is 10.8 Å². The fourth-order valence-corrected chi connectivity index (χ4v) is 4.62. The summed E-state index contributed by atoms with van der Waals surface area (Å²) in [4.78, 5) is 46.8. The summed E-state index contributed by atoms with van der Waals surface area (Å²) in [6.45, 7) is 0.361. The normalized spacial score (nSPS) is 10.9. The topological polar surface area (TPSA) is 145 Å². The summed E-state index contributed by atoms with van der Waals surface area (Å²) in [5.41, 5.74) is 7.99. The van der Waals surface area contributed by atoms with E-state index in [4.69, 9.17) is 10.2 Å². The molecule has 4 N–H and O–H groups in total. The van der Waals surface area contributed by atoms with Gasteiger partial charge >= 0.3 is 0 Å². The number of fused-ring (bicyclic) bond motifs is 1. The lowest BCUT2D eigenvalue weighted by atomic mass is 10.1. The number of primary amides is 1. The number of thiophene rings is 1. The molecular formula is C26H22N6O4S. The van der Waals surface area contributed by atoms with Crippen molar-refractivity contribution >= 4 is 51.6 Å². The number of nitrogens with two attached hydrogens (primary N) is 1. The average molecular weight is 515 g/mol. The molecule has 2 amide bonds. The van der Waals surface area contributed by atoms with E-state index in [1.54, 1.807) is 34.9 Å². The molecule has 0 atom stereocenters. The second kappa shape index (κ2) is 10.5. The molecule has 186 valence electrons. The van der Waals surface area contributed by atoms with Crippen molar-refractivity contribution in [3.05, 3.63) is 83.6 Å². The Balaban J connectivity index is 1.37. The molecule has 0 radical (unpaired) electrons. The number of benzene rings is 2. The highest BCUT2D eigenvalue weighted by molar-refractivity contribution is 7.17. The van der Waals surface area contributed by atoms with E-state index in [-0.39, 0.29) is 37.1 Å². The molecule has 0 fully saturated rings. The highest BCUT2D eigenvalue weighted by Gasteiger charge is 2.18. The lowest BCUT2D eigenvalue weighted by Crippen LogP contribution is -2.18. The minimum atomic E-state index is -0.467. The number of imidazole rings is 1. The van der Waals surface area contributed by atoms with Crippen LogP contribution in [0, 0.1) is 0 Å². The first-order valence-electron chi connectivity index (χ1n) is 11.4. The third-order valence-corrected chi connectivity index (χ3v) is 6.65. The Hall–Kier alpha value is -4.77. The van der Waals surface area contributed by atoms with Crippen molar-refractivity contribution in [2.75, 3.05) is 17.2 Å². The minimum Gasteiger partial charge on any atom is -0.444 e. The number of nitrogens with one attached hydrogen (secondary N) is 2. The van der Waals surface area contributed by atoms with Gasteiger partial charge in [0.05, 0.1) is 33.5 Å². The highest BCUT2D eigenvalue weighted by Crippen LogP contribution is 2.28. The van der Waals surface area contributed by atoms with Crippen LogP contribution in [0.25, 0.3) is 21.8 Å². The van der Waals surface area contributed by atoms with E-state index in [1.807, 2.05) is 30.3 Å². The fourth-order valence-electron chi connectivity index (χ4n) is 3.78. The van der Waals surface area contributed by atoms with Crippen LogP contribution in [-0.2, 0) is 11.3 Å². The van der Waals surface area contributed by atoms with Crippen molar-refractivity contribution in [1.29, 1.82) is 0 Å². The third kappa shape index (κ3) is 5.41. The molecule has 5 aromatic rings. The molecule has 10 nitrogen and oxygen atoms in total. The molecule has 37 heavy (non-hydrogen) atoms. The van der Waals surface area contributed by atoms with Crippen LogP contribution in [0.15, 0.2) is 77.5 Å². The summed E-state index contributed by atoms with van der Waals surface area (Å²) in [5, 5.41) is 5.96. The Morgan fingerprint density at radius 2 is 1.89 bits per heavy atom. The van der Waals surface area contributed by atoms with Gasteiger partial charge in [0.2, 0.25) is 17.7 Å². The van der Waals surface area contributed by atoms with Crippen molar-refractivity contribution in [3.63, 3.8) is 0 Å². The molecule has 3 aromatic heterocycles. The predicted molar refractivity (Wildman–Crippen MR) is 141 cm³/mol. The van der Waals surface area contributed by atoms with Gasteiger partial charge in [-0.15, -0.1) is 11.3 Å². The van der Waals surface area contributed by atoms with Gasteiger partial charge in [0, 0.05) is 24.2 Å². The summed E-state index contributed by atoms with van der Waals surface area (Å²) in [7, 11) is 0. The highest BCUT2D eigenvalue weighted by atomic mass is 32.1. The first-order valence-corrected chi connectivity index (χ1v) is 12.2. The maximum absolute atomic E-state index is 13.0. The first-order chi connectivity index (χ1) is 18.0. The Kier molecular flexibility index (Phi) is 6.77. The summed E-state index contributed by atoms with van der Waals surface area (Å²) in [6.07, 6.45) is 3.08. The second-order valence-electron chi connectivity index (χ2n) is 8.10. The summed E-state index contributed by atoms with van der Waals surface area (Å²) < 4.78 is 7.03. The number of aromatic nitrogens is 3. The van der Waals surface area contributed by atoms with Crippen LogP contribution in [0.5, 0.6) is 0 Å². The first kappa shape index (κ1) is 23.9. The maximum Gasteiger partial charge on any atom is 0.268 e. The molecule has 5 rings (SSSR count). The van der Waals surface area contributed by atoms with E-state index in [2.05, 4.69) is 20.6 Å². The van der Waals surface area contributed by atoms with Gasteiger partial charge < -0.3 is 20.0 Å². The average Bonchev–Trinajstić information content (AvgIpc) is 3.66. The zero-order chi connectivity index (χ0) is 25.8. The van der Waals surface area contributed by atoms with Crippen LogP contribution in [0.1, 0.15) is 26.5 Å². The number of hydrogen-bond acceptors (Lipinski definition) is 8. The van der Waals surface area contributed by atoms with Crippen molar-refractivity contribution in [2.24, 2.45) is 5.73 Å². The van der Waals surface area contributed by atoms with Gasteiger partial charge in [-0.25, -0.2) is 9.97 Å². The molecule has 11 heteroatoms. The van der Waals surface area contributed by atoms with Gasteiger partial charge in [-0.05, 0) is 30.3 Å². The Morgan fingerprint density at radius 1 is 1.05 bits per heavy atom. The third-order valence-electron chi connectivity index (χ3n) is 5.58. The van der Waals surface area contributed by atoms with E-state index < -0.39 is 5.91 Å². The smallest absolute Gasteiger partial charge is 0.268 e. The number of carbonyl (C=O) groups is 3. The SMILES string of the molecule is NC(=O)CCn1c(NC(=O)c2ccc(-c3ncco3)s2)nc2cc(NCC(=O)c3ccccc3)ccc21. The van der Waals surface area contributed by atoms with E-state index in [0.717, 1.165) is 4.88 Å². The monoisotopic (exact) mass is 514 g/mol. The summed E-state index contributed by atoms with van der Waals surface area (Å²) >= 11 is 1.24. The maximum atomic E-state index is 13.0. The van der Waals surface area contributed by atoms with Crippen LogP contribution >= 0.6 is 11.3 Å². The number of Topliss-reactive ketones (excluding diaryl/α,β-unsaturated/α-hetero) is 1. The Bertz CT molecular complexity index is 1570. The molecule has 2 aromatic carbocycles. The van der Waals surface area contributed by atoms with E-state index in [9.17, 15) is 14.4 Å². The fraction of sp³-hybridized carbons (Fsp3) is 0.115. The quantitative estimate of drug-likeness (QED) is 0.237. The standard InChI is InChI=1S/C26H22N6O4S/c27-23(34)10-12-32-19-7-6-17(29-15-20(33)16-4-2-1-3-5-16)14-18(19)30-26(32)31-24(35)21-8-9-22(37-21)25-28-11-13-36-25/h1-9,11,13-14,29H,10,12,15H2,(H2,27,34)(H,30,31,35). The minimum absolute atomic E-state index is 0.0410. The molecule has 0 spiro atoms. The number of hydrogen-bond donors (Lipinski definition) is 3. The molecule has 3 heterocycles. The summed E-state index contributed by atoms with van der Waals surface area (Å²) in [5.74, 6) is -0.148. The molecule has 0 unspecified atom stereocenters. The Labute approximate surface area is 215 Å². The van der Waals surface area contributed by atoms with Crippen molar-refractivity contribution in [2.45, 2.75) is 13.0 Å². The lowest BCUT2D eigenvalue weighted by molar-refractivity contribution is -0.118. The van der Waals surface area contributed by atoms with Gasteiger partial charge in [0.1, 0.15) is 6.26 Å².